The first-order valence-electron chi connectivity index (χ1n) is 6.70. The minimum atomic E-state index is -3.56. The standard InChI is InChI=1S/C14H19N3O2S2/c1-11-10-16-14(20-11)17-21(18,19)13-7-5-12(6-8-13)4-3-9-15-2/h5-8,10,15H,3-4,9H2,1-2H3,(H,16,17). The second-order valence-electron chi connectivity index (χ2n) is 4.73. The molecule has 5 nitrogen and oxygen atoms in total. The van der Waals surface area contributed by atoms with Crippen LogP contribution in [0.15, 0.2) is 35.4 Å². The summed E-state index contributed by atoms with van der Waals surface area (Å²) in [6.45, 7) is 2.83. The van der Waals surface area contributed by atoms with Crippen molar-refractivity contribution in [3.05, 3.63) is 40.9 Å². The molecule has 0 aliphatic rings. The molecule has 0 radical (unpaired) electrons. The topological polar surface area (TPSA) is 71.1 Å². The maximum atomic E-state index is 12.2. The van der Waals surface area contributed by atoms with Gasteiger partial charge in [-0.05, 0) is 51.1 Å². The maximum absolute atomic E-state index is 12.2. The zero-order valence-corrected chi connectivity index (χ0v) is 13.7. The molecule has 0 amide bonds. The minimum absolute atomic E-state index is 0.257. The molecule has 0 saturated carbocycles. The molecule has 0 fully saturated rings. The summed E-state index contributed by atoms with van der Waals surface area (Å²) in [7, 11) is -1.64. The Morgan fingerprint density at radius 2 is 1.95 bits per heavy atom. The second kappa shape index (κ2) is 7.02. The molecule has 0 spiro atoms. The van der Waals surface area contributed by atoms with Crippen molar-refractivity contribution in [2.75, 3.05) is 18.3 Å². The van der Waals surface area contributed by atoms with E-state index in [-0.39, 0.29) is 4.90 Å². The summed E-state index contributed by atoms with van der Waals surface area (Å²) in [4.78, 5) is 5.24. The third-order valence-corrected chi connectivity index (χ3v) is 5.28. The summed E-state index contributed by atoms with van der Waals surface area (Å²) in [5.41, 5.74) is 1.13. The van der Waals surface area contributed by atoms with E-state index < -0.39 is 10.0 Å². The maximum Gasteiger partial charge on any atom is 0.263 e. The molecule has 0 aliphatic carbocycles. The lowest BCUT2D eigenvalue weighted by molar-refractivity contribution is 0.601. The molecule has 1 aromatic heterocycles. The first-order chi connectivity index (χ1) is 10.0. The molecule has 7 heteroatoms. The van der Waals surface area contributed by atoms with Crippen LogP contribution in [0, 0.1) is 6.92 Å². The van der Waals surface area contributed by atoms with Gasteiger partial charge in [0.15, 0.2) is 5.13 Å². The zero-order valence-electron chi connectivity index (χ0n) is 12.1. The fraction of sp³-hybridized carbons (Fsp3) is 0.357. The Labute approximate surface area is 129 Å². The Balaban J connectivity index is 2.06. The minimum Gasteiger partial charge on any atom is -0.320 e. The van der Waals surface area contributed by atoms with Crippen LogP contribution >= 0.6 is 11.3 Å². The van der Waals surface area contributed by atoms with E-state index in [2.05, 4.69) is 15.0 Å². The van der Waals surface area contributed by atoms with E-state index in [1.807, 2.05) is 26.1 Å². The molecular formula is C14H19N3O2S2. The van der Waals surface area contributed by atoms with E-state index in [1.54, 1.807) is 18.3 Å². The Hall–Kier alpha value is -1.44. The van der Waals surface area contributed by atoms with E-state index in [0.717, 1.165) is 29.8 Å². The van der Waals surface area contributed by atoms with Crippen LogP contribution in [0.5, 0.6) is 0 Å². The van der Waals surface area contributed by atoms with Crippen molar-refractivity contribution < 1.29 is 8.42 Å². The van der Waals surface area contributed by atoms with Crippen LogP contribution in [0.4, 0.5) is 5.13 Å². The molecule has 0 saturated heterocycles. The zero-order chi connectivity index (χ0) is 15.3. The van der Waals surface area contributed by atoms with Gasteiger partial charge in [-0.1, -0.05) is 12.1 Å². The third kappa shape index (κ3) is 4.52. The van der Waals surface area contributed by atoms with Gasteiger partial charge in [0.2, 0.25) is 0 Å². The number of hydrogen-bond acceptors (Lipinski definition) is 5. The number of thiazole rings is 1. The molecule has 0 aliphatic heterocycles. The SMILES string of the molecule is CNCCCc1ccc(S(=O)(=O)Nc2ncc(C)s2)cc1. The first kappa shape index (κ1) is 15.9. The highest BCUT2D eigenvalue weighted by Crippen LogP contribution is 2.21. The van der Waals surface area contributed by atoms with E-state index in [4.69, 9.17) is 0 Å². The molecule has 2 N–H and O–H groups in total. The summed E-state index contributed by atoms with van der Waals surface area (Å²) in [5.74, 6) is 0. The van der Waals surface area contributed by atoms with E-state index in [0.29, 0.717) is 5.13 Å². The highest BCUT2D eigenvalue weighted by atomic mass is 32.2. The van der Waals surface area contributed by atoms with Crippen molar-refractivity contribution in [3.8, 4) is 0 Å². The predicted octanol–water partition coefficient (Wildman–Crippen LogP) is 2.40. The highest BCUT2D eigenvalue weighted by Gasteiger charge is 2.15. The number of nitrogens with zero attached hydrogens (tertiary/aromatic N) is 1. The van der Waals surface area contributed by atoms with Gasteiger partial charge in [-0.25, -0.2) is 13.4 Å². The Morgan fingerprint density at radius 1 is 1.24 bits per heavy atom. The first-order valence-corrected chi connectivity index (χ1v) is 9.00. The van der Waals surface area contributed by atoms with Crippen LogP contribution in [0.3, 0.4) is 0 Å². The van der Waals surface area contributed by atoms with Crippen LogP contribution in [0.25, 0.3) is 0 Å². The van der Waals surface area contributed by atoms with Gasteiger partial charge < -0.3 is 5.32 Å². The lowest BCUT2D eigenvalue weighted by Gasteiger charge is -2.06. The molecule has 0 bridgehead atoms. The molecule has 1 aromatic carbocycles. The third-order valence-electron chi connectivity index (χ3n) is 2.97. The van der Waals surface area contributed by atoms with Crippen LogP contribution in [-0.2, 0) is 16.4 Å². The smallest absolute Gasteiger partial charge is 0.263 e. The Bertz CT molecular complexity index is 678. The molecule has 1 heterocycles. The fourth-order valence-electron chi connectivity index (χ4n) is 1.88. The van der Waals surface area contributed by atoms with Crippen LogP contribution < -0.4 is 10.0 Å². The van der Waals surface area contributed by atoms with Gasteiger partial charge in [0.05, 0.1) is 4.90 Å². The molecule has 114 valence electrons. The Kier molecular flexibility index (Phi) is 5.33. The normalized spacial score (nSPS) is 11.5. The molecule has 21 heavy (non-hydrogen) atoms. The van der Waals surface area contributed by atoms with Gasteiger partial charge in [-0.15, -0.1) is 11.3 Å². The number of hydrogen-bond donors (Lipinski definition) is 2. The van der Waals surface area contributed by atoms with Crippen LogP contribution in [0.1, 0.15) is 16.9 Å². The number of aromatic nitrogens is 1. The molecule has 0 atom stereocenters. The predicted molar refractivity (Wildman–Crippen MR) is 86.3 cm³/mol. The van der Waals surface area contributed by atoms with Crippen molar-refractivity contribution in [1.82, 2.24) is 10.3 Å². The molecule has 2 rings (SSSR count). The summed E-state index contributed by atoms with van der Waals surface area (Å²) in [5, 5.41) is 3.49. The average molecular weight is 325 g/mol. The van der Waals surface area contributed by atoms with Crippen molar-refractivity contribution in [1.29, 1.82) is 0 Å². The molecule has 0 unspecified atom stereocenters. The quantitative estimate of drug-likeness (QED) is 0.767. The summed E-state index contributed by atoms with van der Waals surface area (Å²) in [6, 6.07) is 6.99. The second-order valence-corrected chi connectivity index (χ2v) is 7.65. The van der Waals surface area contributed by atoms with Crippen molar-refractivity contribution in [2.45, 2.75) is 24.7 Å². The van der Waals surface area contributed by atoms with Gasteiger partial charge in [0.1, 0.15) is 0 Å². The summed E-state index contributed by atoms with van der Waals surface area (Å²) >= 11 is 1.32. The number of nitrogens with one attached hydrogen (secondary N) is 2. The van der Waals surface area contributed by atoms with Crippen molar-refractivity contribution in [3.63, 3.8) is 0 Å². The van der Waals surface area contributed by atoms with E-state index >= 15 is 0 Å². The van der Waals surface area contributed by atoms with Gasteiger partial charge >= 0.3 is 0 Å². The molecule has 2 aromatic rings. The summed E-state index contributed by atoms with van der Waals surface area (Å²) < 4.78 is 27.0. The van der Waals surface area contributed by atoms with E-state index in [1.165, 1.54) is 11.3 Å². The van der Waals surface area contributed by atoms with Gasteiger partial charge in [0.25, 0.3) is 10.0 Å². The number of anilines is 1. The van der Waals surface area contributed by atoms with Gasteiger partial charge in [-0.3, -0.25) is 4.72 Å². The largest absolute Gasteiger partial charge is 0.320 e. The highest BCUT2D eigenvalue weighted by molar-refractivity contribution is 7.93. The number of benzene rings is 1. The van der Waals surface area contributed by atoms with Crippen LogP contribution in [0.2, 0.25) is 0 Å². The van der Waals surface area contributed by atoms with Crippen molar-refractivity contribution >= 4 is 26.5 Å². The summed E-state index contributed by atoms with van der Waals surface area (Å²) in [6.07, 6.45) is 3.60. The average Bonchev–Trinajstić information content (AvgIpc) is 2.84. The lowest BCUT2D eigenvalue weighted by atomic mass is 10.1. The van der Waals surface area contributed by atoms with Crippen molar-refractivity contribution in [2.24, 2.45) is 0 Å². The fourth-order valence-corrected chi connectivity index (χ4v) is 3.79. The molecular weight excluding hydrogens is 306 g/mol. The van der Waals surface area contributed by atoms with Gasteiger partial charge in [-0.2, -0.15) is 0 Å². The van der Waals surface area contributed by atoms with E-state index in [9.17, 15) is 8.42 Å². The van der Waals surface area contributed by atoms with Gasteiger partial charge in [0, 0.05) is 11.1 Å². The lowest BCUT2D eigenvalue weighted by Crippen LogP contribution is -2.12. The number of aryl methyl sites for hydroxylation is 2. The van der Waals surface area contributed by atoms with Crippen LogP contribution in [-0.4, -0.2) is 27.0 Å². The Morgan fingerprint density at radius 3 is 2.52 bits per heavy atom. The number of rotatable bonds is 7. The monoisotopic (exact) mass is 325 g/mol. The number of sulfonamides is 1.